The second-order valence-electron chi connectivity index (χ2n) is 5.72. The summed E-state index contributed by atoms with van der Waals surface area (Å²) in [7, 11) is 0. The van der Waals surface area contributed by atoms with Gasteiger partial charge in [0.25, 0.3) is 0 Å². The van der Waals surface area contributed by atoms with E-state index < -0.39 is 0 Å². The molecular formula is C17H27N. The lowest BCUT2D eigenvalue weighted by molar-refractivity contribution is 0.358. The van der Waals surface area contributed by atoms with Crippen molar-refractivity contribution >= 4 is 0 Å². The summed E-state index contributed by atoms with van der Waals surface area (Å²) in [5.74, 6) is 0.727. The predicted molar refractivity (Wildman–Crippen MR) is 79.0 cm³/mol. The van der Waals surface area contributed by atoms with Crippen LogP contribution in [0.3, 0.4) is 0 Å². The molecule has 0 saturated carbocycles. The van der Waals surface area contributed by atoms with Gasteiger partial charge in [0.1, 0.15) is 0 Å². The van der Waals surface area contributed by atoms with Gasteiger partial charge in [-0.25, -0.2) is 0 Å². The highest BCUT2D eigenvalue weighted by Crippen LogP contribution is 2.37. The van der Waals surface area contributed by atoms with Gasteiger partial charge in [-0.3, -0.25) is 0 Å². The molecule has 1 N–H and O–H groups in total. The molecule has 0 bridgehead atoms. The monoisotopic (exact) mass is 245 g/mol. The van der Waals surface area contributed by atoms with Crippen LogP contribution in [0, 0.1) is 0 Å². The number of hydrogen-bond donors (Lipinski definition) is 1. The molecule has 1 nitrogen and oxygen atoms in total. The van der Waals surface area contributed by atoms with E-state index in [1.165, 1.54) is 32.1 Å². The lowest BCUT2D eigenvalue weighted by Gasteiger charge is -2.33. The molecule has 18 heavy (non-hydrogen) atoms. The first-order valence-corrected chi connectivity index (χ1v) is 7.61. The van der Waals surface area contributed by atoms with Gasteiger partial charge in [-0.2, -0.15) is 0 Å². The van der Waals surface area contributed by atoms with Gasteiger partial charge in [0, 0.05) is 12.1 Å². The molecule has 0 aromatic heterocycles. The van der Waals surface area contributed by atoms with E-state index in [-0.39, 0.29) is 0 Å². The summed E-state index contributed by atoms with van der Waals surface area (Å²) in [6.07, 6.45) is 6.42. The number of fused-ring (bicyclic) bond motifs is 1. The van der Waals surface area contributed by atoms with Crippen LogP contribution in [0.25, 0.3) is 0 Å². The van der Waals surface area contributed by atoms with Crippen molar-refractivity contribution in [3.05, 3.63) is 35.4 Å². The number of benzene rings is 1. The maximum atomic E-state index is 3.88. The topological polar surface area (TPSA) is 12.0 Å². The number of hydrogen-bond acceptors (Lipinski definition) is 1. The third-order valence-electron chi connectivity index (χ3n) is 4.36. The SMILES string of the molecule is CCCC(CC)NC1CCC(C)c2ccccc21. The molecule has 100 valence electrons. The molecule has 0 saturated heterocycles. The van der Waals surface area contributed by atoms with Crippen molar-refractivity contribution in [2.45, 2.75) is 70.9 Å². The first-order chi connectivity index (χ1) is 8.76. The van der Waals surface area contributed by atoms with E-state index >= 15 is 0 Å². The molecular weight excluding hydrogens is 218 g/mol. The van der Waals surface area contributed by atoms with E-state index in [2.05, 4.69) is 50.4 Å². The zero-order chi connectivity index (χ0) is 13.0. The molecule has 1 aliphatic rings. The predicted octanol–water partition coefficient (Wildman–Crippen LogP) is 4.79. The number of nitrogens with one attached hydrogen (secondary N) is 1. The first kappa shape index (κ1) is 13.6. The molecule has 0 fully saturated rings. The zero-order valence-corrected chi connectivity index (χ0v) is 12.1. The van der Waals surface area contributed by atoms with E-state index in [9.17, 15) is 0 Å². The smallest absolute Gasteiger partial charge is 0.0325 e. The van der Waals surface area contributed by atoms with Crippen molar-refractivity contribution < 1.29 is 0 Å². The molecule has 0 radical (unpaired) electrons. The Balaban J connectivity index is 2.13. The summed E-state index contributed by atoms with van der Waals surface area (Å²) in [5, 5.41) is 3.88. The Morgan fingerprint density at radius 2 is 1.89 bits per heavy atom. The number of rotatable bonds is 5. The highest BCUT2D eigenvalue weighted by molar-refractivity contribution is 5.34. The fourth-order valence-electron chi connectivity index (χ4n) is 3.22. The largest absolute Gasteiger partial charge is 0.307 e. The van der Waals surface area contributed by atoms with Crippen LogP contribution in [-0.4, -0.2) is 6.04 Å². The van der Waals surface area contributed by atoms with E-state index in [0.717, 1.165) is 5.92 Å². The Hall–Kier alpha value is -0.820. The van der Waals surface area contributed by atoms with Crippen LogP contribution in [0.15, 0.2) is 24.3 Å². The van der Waals surface area contributed by atoms with E-state index in [4.69, 9.17) is 0 Å². The van der Waals surface area contributed by atoms with Gasteiger partial charge < -0.3 is 5.32 Å². The van der Waals surface area contributed by atoms with Gasteiger partial charge in [-0.05, 0) is 42.7 Å². The minimum absolute atomic E-state index is 0.578. The van der Waals surface area contributed by atoms with Gasteiger partial charge in [-0.15, -0.1) is 0 Å². The third-order valence-corrected chi connectivity index (χ3v) is 4.36. The van der Waals surface area contributed by atoms with Crippen LogP contribution in [0.4, 0.5) is 0 Å². The van der Waals surface area contributed by atoms with Crippen molar-refractivity contribution in [2.75, 3.05) is 0 Å². The summed E-state index contributed by atoms with van der Waals surface area (Å²) < 4.78 is 0. The average Bonchev–Trinajstić information content (AvgIpc) is 2.41. The second-order valence-corrected chi connectivity index (χ2v) is 5.72. The summed E-state index contributed by atoms with van der Waals surface area (Å²) in [4.78, 5) is 0. The molecule has 2 rings (SSSR count). The van der Waals surface area contributed by atoms with Crippen LogP contribution in [0.1, 0.15) is 76.0 Å². The zero-order valence-electron chi connectivity index (χ0n) is 12.1. The third kappa shape index (κ3) is 2.95. The van der Waals surface area contributed by atoms with Crippen LogP contribution >= 0.6 is 0 Å². The Morgan fingerprint density at radius 1 is 1.17 bits per heavy atom. The van der Waals surface area contributed by atoms with Gasteiger partial charge in [0.2, 0.25) is 0 Å². The second kappa shape index (κ2) is 6.38. The minimum Gasteiger partial charge on any atom is -0.307 e. The lowest BCUT2D eigenvalue weighted by Crippen LogP contribution is -2.34. The van der Waals surface area contributed by atoms with Crippen molar-refractivity contribution in [3.8, 4) is 0 Å². The van der Waals surface area contributed by atoms with Gasteiger partial charge >= 0.3 is 0 Å². The van der Waals surface area contributed by atoms with Gasteiger partial charge in [0.15, 0.2) is 0 Å². The fourth-order valence-corrected chi connectivity index (χ4v) is 3.22. The molecule has 1 heteroatoms. The molecule has 3 unspecified atom stereocenters. The molecule has 3 atom stereocenters. The minimum atomic E-state index is 0.578. The summed E-state index contributed by atoms with van der Waals surface area (Å²) in [6, 6.07) is 10.3. The van der Waals surface area contributed by atoms with E-state index in [0.29, 0.717) is 12.1 Å². The van der Waals surface area contributed by atoms with E-state index in [1.54, 1.807) is 11.1 Å². The first-order valence-electron chi connectivity index (χ1n) is 7.61. The van der Waals surface area contributed by atoms with Crippen molar-refractivity contribution in [1.82, 2.24) is 5.32 Å². The maximum Gasteiger partial charge on any atom is 0.0325 e. The quantitative estimate of drug-likeness (QED) is 0.786. The molecule has 1 aliphatic carbocycles. The average molecular weight is 245 g/mol. The van der Waals surface area contributed by atoms with Crippen molar-refractivity contribution in [3.63, 3.8) is 0 Å². The summed E-state index contributed by atoms with van der Waals surface area (Å²) in [5.41, 5.74) is 3.11. The molecule has 0 aliphatic heterocycles. The van der Waals surface area contributed by atoms with Crippen molar-refractivity contribution in [1.29, 1.82) is 0 Å². The normalized spacial score (nSPS) is 24.6. The Labute approximate surface area is 112 Å². The highest BCUT2D eigenvalue weighted by Gasteiger charge is 2.25. The summed E-state index contributed by atoms with van der Waals surface area (Å²) in [6.45, 7) is 6.93. The maximum absolute atomic E-state index is 3.88. The molecule has 1 aromatic rings. The van der Waals surface area contributed by atoms with Crippen LogP contribution < -0.4 is 5.32 Å². The Kier molecular flexibility index (Phi) is 4.82. The van der Waals surface area contributed by atoms with Crippen LogP contribution in [0.5, 0.6) is 0 Å². The highest BCUT2D eigenvalue weighted by atomic mass is 15.0. The van der Waals surface area contributed by atoms with Crippen molar-refractivity contribution in [2.24, 2.45) is 0 Å². The van der Waals surface area contributed by atoms with Gasteiger partial charge in [-0.1, -0.05) is 51.5 Å². The van der Waals surface area contributed by atoms with E-state index in [1.807, 2.05) is 0 Å². The Morgan fingerprint density at radius 3 is 2.56 bits per heavy atom. The molecule has 0 amide bonds. The lowest BCUT2D eigenvalue weighted by atomic mass is 9.80. The van der Waals surface area contributed by atoms with Gasteiger partial charge in [0.05, 0.1) is 0 Å². The molecule has 0 spiro atoms. The van der Waals surface area contributed by atoms with Crippen LogP contribution in [0.2, 0.25) is 0 Å². The Bertz CT molecular complexity index is 372. The summed E-state index contributed by atoms with van der Waals surface area (Å²) >= 11 is 0. The standard InChI is InChI=1S/C17H27N/c1-4-8-14(5-2)18-17-12-11-13(3)15-9-6-7-10-16(15)17/h6-7,9-10,13-14,17-18H,4-5,8,11-12H2,1-3H3. The van der Waals surface area contributed by atoms with Crippen LogP contribution in [-0.2, 0) is 0 Å². The molecule has 1 aromatic carbocycles. The molecule has 0 heterocycles. The fraction of sp³-hybridized carbons (Fsp3) is 0.647.